The lowest BCUT2D eigenvalue weighted by Gasteiger charge is -1.94. The van der Waals surface area contributed by atoms with Gasteiger partial charge in [0.05, 0.1) is 5.52 Å². The lowest BCUT2D eigenvalue weighted by molar-refractivity contribution is 0.520. The molecule has 0 amide bonds. The zero-order valence-electron chi connectivity index (χ0n) is 7.06. The van der Waals surface area contributed by atoms with Crippen LogP contribution < -0.4 is 5.76 Å². The molecule has 0 aliphatic carbocycles. The second kappa shape index (κ2) is 2.94. The number of hydrogen-bond acceptors (Lipinski definition) is 2. The van der Waals surface area contributed by atoms with Gasteiger partial charge < -0.3 is 4.42 Å². The number of hydrogen-bond donors (Lipinski definition) is 0. The van der Waals surface area contributed by atoms with Gasteiger partial charge in [0.15, 0.2) is 5.58 Å². The molecule has 1 heterocycles. The monoisotopic (exact) mass is 175 g/mol. The summed E-state index contributed by atoms with van der Waals surface area (Å²) in [7, 11) is 0. The van der Waals surface area contributed by atoms with Gasteiger partial charge in [-0.25, -0.2) is 4.79 Å². The van der Waals surface area contributed by atoms with Gasteiger partial charge in [-0.3, -0.25) is 4.57 Å². The largest absolute Gasteiger partial charge is 0.420 e. The second-order valence-corrected chi connectivity index (χ2v) is 2.73. The average molecular weight is 175 g/mol. The van der Waals surface area contributed by atoms with Crippen LogP contribution in [0.3, 0.4) is 0 Å². The summed E-state index contributed by atoms with van der Waals surface area (Å²) in [5.41, 5.74) is 1.43. The van der Waals surface area contributed by atoms with Crippen molar-refractivity contribution in [1.82, 2.24) is 4.57 Å². The molecule has 0 fully saturated rings. The Morgan fingerprint density at radius 3 is 3.00 bits per heavy atom. The third-order valence-electron chi connectivity index (χ3n) is 1.89. The molecule has 0 N–H and O–H groups in total. The average Bonchev–Trinajstić information content (AvgIpc) is 2.44. The summed E-state index contributed by atoms with van der Waals surface area (Å²) < 4.78 is 6.56. The van der Waals surface area contributed by atoms with Gasteiger partial charge in [0.2, 0.25) is 0 Å². The highest BCUT2D eigenvalue weighted by molar-refractivity contribution is 5.72. The highest BCUT2D eigenvalue weighted by atomic mass is 16.4. The molecule has 66 valence electrons. The normalized spacial score (nSPS) is 10.5. The molecule has 3 nitrogen and oxygen atoms in total. The van der Waals surface area contributed by atoms with Gasteiger partial charge in [0.25, 0.3) is 0 Å². The van der Waals surface area contributed by atoms with Crippen LogP contribution in [-0.2, 0) is 6.54 Å². The number of aromatic nitrogens is 1. The maximum atomic E-state index is 11.3. The molecule has 0 bridgehead atoms. The smallest absolute Gasteiger partial charge is 0.408 e. The molecule has 0 atom stereocenters. The van der Waals surface area contributed by atoms with E-state index in [0.29, 0.717) is 12.1 Å². The van der Waals surface area contributed by atoms with Crippen molar-refractivity contribution in [3.8, 4) is 0 Å². The van der Waals surface area contributed by atoms with Crippen LogP contribution in [0.1, 0.15) is 0 Å². The van der Waals surface area contributed by atoms with E-state index in [-0.39, 0.29) is 5.76 Å². The number of fused-ring (bicyclic) bond motifs is 1. The van der Waals surface area contributed by atoms with Crippen molar-refractivity contribution in [3.05, 3.63) is 47.5 Å². The van der Waals surface area contributed by atoms with Crippen LogP contribution in [0.15, 0.2) is 46.1 Å². The molecule has 1 aromatic heterocycles. The molecule has 2 rings (SSSR count). The van der Waals surface area contributed by atoms with E-state index in [1.807, 2.05) is 18.2 Å². The van der Waals surface area contributed by atoms with Crippen LogP contribution >= 0.6 is 0 Å². The topological polar surface area (TPSA) is 35.1 Å². The summed E-state index contributed by atoms with van der Waals surface area (Å²) in [6.45, 7) is 4.06. The van der Waals surface area contributed by atoms with Crippen LogP contribution in [0.4, 0.5) is 0 Å². The SMILES string of the molecule is C=CCn1c(=O)oc2ccccc21. The molecule has 0 spiro atoms. The van der Waals surface area contributed by atoms with E-state index in [4.69, 9.17) is 4.42 Å². The molecule has 0 aliphatic rings. The first-order valence-corrected chi connectivity index (χ1v) is 4.02. The van der Waals surface area contributed by atoms with Crippen LogP contribution in [-0.4, -0.2) is 4.57 Å². The molecule has 0 aliphatic heterocycles. The summed E-state index contributed by atoms with van der Waals surface area (Å²) in [6.07, 6.45) is 1.67. The molecule has 2 aromatic rings. The predicted octanol–water partition coefficient (Wildman–Crippen LogP) is 1.78. The number of oxazole rings is 1. The Hall–Kier alpha value is -1.77. The molecule has 3 heteroatoms. The standard InChI is InChI=1S/C10H9NO2/c1-2-7-11-8-5-3-4-6-9(8)13-10(11)12/h2-6H,1,7H2. The van der Waals surface area contributed by atoms with Gasteiger partial charge in [0.1, 0.15) is 0 Å². The molecule has 0 unspecified atom stereocenters. The lowest BCUT2D eigenvalue weighted by atomic mass is 10.3. The zero-order chi connectivity index (χ0) is 9.26. The second-order valence-electron chi connectivity index (χ2n) is 2.73. The van der Waals surface area contributed by atoms with Crippen molar-refractivity contribution < 1.29 is 4.42 Å². The van der Waals surface area contributed by atoms with Crippen molar-refractivity contribution in [2.75, 3.05) is 0 Å². The van der Waals surface area contributed by atoms with Gasteiger partial charge in [-0.1, -0.05) is 18.2 Å². The number of rotatable bonds is 2. The molecule has 0 saturated carbocycles. The van der Waals surface area contributed by atoms with Gasteiger partial charge in [-0.15, -0.1) is 6.58 Å². The van der Waals surface area contributed by atoms with E-state index in [0.717, 1.165) is 5.52 Å². The number of allylic oxidation sites excluding steroid dienone is 1. The van der Waals surface area contributed by atoms with Crippen molar-refractivity contribution in [3.63, 3.8) is 0 Å². The number of para-hydroxylation sites is 2. The van der Waals surface area contributed by atoms with E-state index >= 15 is 0 Å². The van der Waals surface area contributed by atoms with Crippen molar-refractivity contribution in [2.45, 2.75) is 6.54 Å². The Kier molecular flexibility index (Phi) is 1.77. The summed E-state index contributed by atoms with van der Waals surface area (Å²) in [4.78, 5) is 11.3. The Morgan fingerprint density at radius 1 is 1.46 bits per heavy atom. The summed E-state index contributed by atoms with van der Waals surface area (Å²) >= 11 is 0. The quantitative estimate of drug-likeness (QED) is 0.652. The Bertz CT molecular complexity index is 493. The first-order valence-electron chi connectivity index (χ1n) is 4.02. The van der Waals surface area contributed by atoms with E-state index in [9.17, 15) is 4.79 Å². The molecule has 0 saturated heterocycles. The fourth-order valence-corrected chi connectivity index (χ4v) is 1.32. The molecule has 1 aromatic carbocycles. The first-order chi connectivity index (χ1) is 6.33. The highest BCUT2D eigenvalue weighted by Crippen LogP contribution is 2.11. The van der Waals surface area contributed by atoms with Gasteiger partial charge in [-0.05, 0) is 12.1 Å². The van der Waals surface area contributed by atoms with Crippen molar-refractivity contribution in [1.29, 1.82) is 0 Å². The predicted molar refractivity (Wildman–Crippen MR) is 50.7 cm³/mol. The molecule has 13 heavy (non-hydrogen) atoms. The number of benzene rings is 1. The summed E-state index contributed by atoms with van der Waals surface area (Å²) in [5.74, 6) is -0.332. The maximum absolute atomic E-state index is 11.3. The first kappa shape index (κ1) is 7.86. The maximum Gasteiger partial charge on any atom is 0.420 e. The minimum Gasteiger partial charge on any atom is -0.408 e. The summed E-state index contributed by atoms with van der Waals surface area (Å²) in [5, 5.41) is 0. The molecule has 0 radical (unpaired) electrons. The Balaban J connectivity index is 2.78. The Labute approximate surface area is 74.9 Å². The van der Waals surface area contributed by atoms with Crippen LogP contribution in [0.5, 0.6) is 0 Å². The van der Waals surface area contributed by atoms with Gasteiger partial charge >= 0.3 is 5.76 Å². The molecular formula is C10H9NO2. The minimum absolute atomic E-state index is 0.332. The van der Waals surface area contributed by atoms with Gasteiger partial charge in [0, 0.05) is 6.54 Å². The molecular weight excluding hydrogens is 166 g/mol. The summed E-state index contributed by atoms with van der Waals surface area (Å²) in [6, 6.07) is 7.33. The third kappa shape index (κ3) is 1.18. The van der Waals surface area contributed by atoms with E-state index in [1.54, 1.807) is 16.7 Å². The fraction of sp³-hybridized carbons (Fsp3) is 0.100. The van der Waals surface area contributed by atoms with Crippen LogP contribution in [0.25, 0.3) is 11.1 Å². The number of nitrogens with zero attached hydrogens (tertiary/aromatic N) is 1. The van der Waals surface area contributed by atoms with Gasteiger partial charge in [-0.2, -0.15) is 0 Å². The zero-order valence-corrected chi connectivity index (χ0v) is 7.06. The third-order valence-corrected chi connectivity index (χ3v) is 1.89. The van der Waals surface area contributed by atoms with Crippen molar-refractivity contribution in [2.24, 2.45) is 0 Å². The van der Waals surface area contributed by atoms with E-state index in [2.05, 4.69) is 6.58 Å². The van der Waals surface area contributed by atoms with Crippen LogP contribution in [0, 0.1) is 0 Å². The Morgan fingerprint density at radius 2 is 2.23 bits per heavy atom. The van der Waals surface area contributed by atoms with Crippen LogP contribution in [0.2, 0.25) is 0 Å². The van der Waals surface area contributed by atoms with E-state index < -0.39 is 0 Å². The highest BCUT2D eigenvalue weighted by Gasteiger charge is 2.05. The lowest BCUT2D eigenvalue weighted by Crippen LogP contribution is -2.12. The van der Waals surface area contributed by atoms with E-state index in [1.165, 1.54) is 0 Å². The van der Waals surface area contributed by atoms with Crippen molar-refractivity contribution >= 4 is 11.1 Å². The minimum atomic E-state index is -0.332. The fourth-order valence-electron chi connectivity index (χ4n) is 1.32.